The third kappa shape index (κ3) is 2.24. The van der Waals surface area contributed by atoms with Crippen molar-refractivity contribution in [1.29, 1.82) is 0 Å². The van der Waals surface area contributed by atoms with Crippen LogP contribution in [0.1, 0.15) is 26.2 Å². The van der Waals surface area contributed by atoms with Gasteiger partial charge in [0.2, 0.25) is 0 Å². The maximum Gasteiger partial charge on any atom is 0.115 e. The first-order valence-electron chi connectivity index (χ1n) is 4.02. The fourth-order valence-electron chi connectivity index (χ4n) is 1.24. The van der Waals surface area contributed by atoms with E-state index in [2.05, 4.69) is 22.5 Å². The first-order valence-corrected chi connectivity index (χ1v) is 4.82. The van der Waals surface area contributed by atoms with E-state index in [-0.39, 0.29) is 0 Å². The van der Waals surface area contributed by atoms with E-state index in [0.717, 1.165) is 34.9 Å². The van der Waals surface area contributed by atoms with E-state index in [4.69, 9.17) is 0 Å². The van der Waals surface area contributed by atoms with Crippen LogP contribution in [0.2, 0.25) is 0 Å². The lowest BCUT2D eigenvalue weighted by atomic mass is 9.99. The van der Waals surface area contributed by atoms with Crippen molar-refractivity contribution in [1.82, 2.24) is 0 Å². The first-order chi connectivity index (χ1) is 5.61. The van der Waals surface area contributed by atoms with Crippen LogP contribution in [0.3, 0.4) is 0 Å². The third-order valence-corrected chi connectivity index (χ3v) is 2.69. The molecule has 1 aliphatic carbocycles. The van der Waals surface area contributed by atoms with Crippen molar-refractivity contribution in [3.8, 4) is 0 Å². The molecule has 0 aromatic carbocycles. The highest BCUT2D eigenvalue weighted by Gasteiger charge is 2.12. The van der Waals surface area contributed by atoms with Gasteiger partial charge < -0.3 is 5.11 Å². The summed E-state index contributed by atoms with van der Waals surface area (Å²) in [5, 5.41) is 9.52. The molecule has 1 aliphatic rings. The second-order valence-electron chi connectivity index (χ2n) is 3.15. The van der Waals surface area contributed by atoms with Crippen LogP contribution in [0.15, 0.2) is 34.0 Å². The average Bonchev–Trinajstić information content (AvgIpc) is 1.97. The maximum atomic E-state index is 9.52. The fraction of sp³-hybridized carbons (Fsp3) is 0.400. The van der Waals surface area contributed by atoms with Crippen LogP contribution in [-0.2, 0) is 0 Å². The molecule has 0 aliphatic heterocycles. The van der Waals surface area contributed by atoms with Gasteiger partial charge in [0, 0.05) is 10.1 Å². The number of allylic oxidation sites excluding steroid dienone is 4. The molecule has 1 N–H and O–H groups in total. The van der Waals surface area contributed by atoms with Crippen molar-refractivity contribution in [2.24, 2.45) is 0 Å². The van der Waals surface area contributed by atoms with Gasteiger partial charge in [-0.25, -0.2) is 0 Å². The van der Waals surface area contributed by atoms with E-state index >= 15 is 0 Å². The van der Waals surface area contributed by atoms with Crippen molar-refractivity contribution < 1.29 is 5.11 Å². The second-order valence-corrected chi connectivity index (χ2v) is 4.10. The van der Waals surface area contributed by atoms with Gasteiger partial charge in [-0.1, -0.05) is 28.1 Å². The molecule has 0 atom stereocenters. The molecule has 0 aromatic heterocycles. The largest absolute Gasteiger partial charge is 0.508 e. The predicted molar refractivity (Wildman–Crippen MR) is 55.3 cm³/mol. The molecule has 2 heteroatoms. The molecular formula is C10H13BrO. The van der Waals surface area contributed by atoms with Gasteiger partial charge in [0.25, 0.3) is 0 Å². The molecule has 0 spiro atoms. The van der Waals surface area contributed by atoms with Gasteiger partial charge in [0.15, 0.2) is 0 Å². The van der Waals surface area contributed by atoms with Crippen LogP contribution in [0.5, 0.6) is 0 Å². The smallest absolute Gasteiger partial charge is 0.115 e. The van der Waals surface area contributed by atoms with Gasteiger partial charge in [-0.05, 0) is 32.3 Å². The number of hydrogen-bond acceptors (Lipinski definition) is 1. The summed E-state index contributed by atoms with van der Waals surface area (Å²) >= 11 is 3.46. The van der Waals surface area contributed by atoms with E-state index in [0.29, 0.717) is 5.76 Å². The number of aliphatic hydroxyl groups is 1. The molecule has 1 nitrogen and oxygen atoms in total. The van der Waals surface area contributed by atoms with E-state index in [1.165, 1.54) is 0 Å². The number of halogens is 1. The lowest BCUT2D eigenvalue weighted by Gasteiger charge is -2.14. The Morgan fingerprint density at radius 1 is 1.75 bits per heavy atom. The molecule has 0 unspecified atom stereocenters. The molecule has 0 radical (unpaired) electrons. The molecule has 66 valence electrons. The molecule has 0 heterocycles. The average molecular weight is 229 g/mol. The molecule has 0 saturated carbocycles. The van der Waals surface area contributed by atoms with Crippen LogP contribution >= 0.6 is 15.9 Å². The van der Waals surface area contributed by atoms with Crippen LogP contribution in [0, 0.1) is 0 Å². The Kier molecular flexibility index (Phi) is 3.15. The van der Waals surface area contributed by atoms with Gasteiger partial charge in [0.1, 0.15) is 5.76 Å². The molecule has 0 saturated heterocycles. The highest BCUT2D eigenvalue weighted by atomic mass is 79.9. The monoisotopic (exact) mass is 228 g/mol. The van der Waals surface area contributed by atoms with Gasteiger partial charge in [-0.2, -0.15) is 0 Å². The molecular weight excluding hydrogens is 216 g/mol. The van der Waals surface area contributed by atoms with Crippen LogP contribution in [0.4, 0.5) is 0 Å². The summed E-state index contributed by atoms with van der Waals surface area (Å²) in [5.74, 6) is 0.413. The van der Waals surface area contributed by atoms with Crippen molar-refractivity contribution in [3.63, 3.8) is 0 Å². The normalized spacial score (nSPS) is 17.7. The lowest BCUT2D eigenvalue weighted by Crippen LogP contribution is -1.98. The zero-order valence-corrected chi connectivity index (χ0v) is 8.82. The molecule has 0 aromatic rings. The SMILES string of the molecule is C=C(C)CC1=C(Br)CCC=C1O. The summed E-state index contributed by atoms with van der Waals surface area (Å²) in [6.45, 7) is 5.79. The molecule has 0 amide bonds. The minimum absolute atomic E-state index is 0.413. The zero-order chi connectivity index (χ0) is 9.14. The quantitative estimate of drug-likeness (QED) is 0.713. The topological polar surface area (TPSA) is 20.2 Å². The minimum Gasteiger partial charge on any atom is -0.508 e. The molecule has 0 bridgehead atoms. The second kappa shape index (κ2) is 3.94. The summed E-state index contributed by atoms with van der Waals surface area (Å²) in [6, 6.07) is 0. The number of aliphatic hydroxyl groups excluding tert-OH is 1. The van der Waals surface area contributed by atoms with Crippen molar-refractivity contribution in [2.75, 3.05) is 0 Å². The van der Waals surface area contributed by atoms with E-state index in [1.54, 1.807) is 0 Å². The van der Waals surface area contributed by atoms with Gasteiger partial charge >= 0.3 is 0 Å². The Hall–Kier alpha value is -0.500. The Bertz CT molecular complexity index is 261. The van der Waals surface area contributed by atoms with E-state index in [1.807, 2.05) is 13.0 Å². The summed E-state index contributed by atoms with van der Waals surface area (Å²) in [4.78, 5) is 0. The lowest BCUT2D eigenvalue weighted by molar-refractivity contribution is 0.414. The fourth-order valence-corrected chi connectivity index (χ4v) is 1.81. The Morgan fingerprint density at radius 2 is 2.42 bits per heavy atom. The zero-order valence-electron chi connectivity index (χ0n) is 7.23. The summed E-state index contributed by atoms with van der Waals surface area (Å²) < 4.78 is 1.12. The van der Waals surface area contributed by atoms with Crippen molar-refractivity contribution in [3.05, 3.63) is 34.0 Å². The van der Waals surface area contributed by atoms with Gasteiger partial charge in [-0.15, -0.1) is 0 Å². The summed E-state index contributed by atoms with van der Waals surface area (Å²) in [5.41, 5.74) is 2.07. The van der Waals surface area contributed by atoms with Gasteiger partial charge in [-0.3, -0.25) is 0 Å². The maximum absolute atomic E-state index is 9.52. The van der Waals surface area contributed by atoms with Crippen LogP contribution < -0.4 is 0 Å². The Labute approximate surface area is 81.6 Å². The highest BCUT2D eigenvalue weighted by molar-refractivity contribution is 9.11. The molecule has 0 fully saturated rings. The number of rotatable bonds is 2. The minimum atomic E-state index is 0.413. The van der Waals surface area contributed by atoms with Crippen molar-refractivity contribution >= 4 is 15.9 Å². The highest BCUT2D eigenvalue weighted by Crippen LogP contribution is 2.31. The third-order valence-electron chi connectivity index (χ3n) is 1.82. The molecule has 12 heavy (non-hydrogen) atoms. The van der Waals surface area contributed by atoms with E-state index < -0.39 is 0 Å². The standard InChI is InChI=1S/C10H13BrO/c1-7(2)6-8-9(11)4-3-5-10(8)12/h5,12H,1,3-4,6H2,2H3. The van der Waals surface area contributed by atoms with Crippen molar-refractivity contribution in [2.45, 2.75) is 26.2 Å². The van der Waals surface area contributed by atoms with E-state index in [9.17, 15) is 5.11 Å². The number of hydrogen-bond donors (Lipinski definition) is 1. The first kappa shape index (κ1) is 9.59. The van der Waals surface area contributed by atoms with Crippen LogP contribution in [0.25, 0.3) is 0 Å². The van der Waals surface area contributed by atoms with Gasteiger partial charge in [0.05, 0.1) is 0 Å². The predicted octanol–water partition coefficient (Wildman–Crippen LogP) is 3.84. The van der Waals surface area contributed by atoms with Crippen LogP contribution in [-0.4, -0.2) is 5.11 Å². The summed E-state index contributed by atoms with van der Waals surface area (Å²) in [7, 11) is 0. The summed E-state index contributed by atoms with van der Waals surface area (Å²) in [6.07, 6.45) is 4.55. The molecule has 1 rings (SSSR count). The Balaban J connectivity index is 2.83. The Morgan fingerprint density at radius 3 is 2.92 bits per heavy atom.